The molecule has 4 rings (SSSR count). The van der Waals surface area contributed by atoms with Gasteiger partial charge in [0.15, 0.2) is 0 Å². The molecule has 0 aromatic heterocycles. The molecule has 0 saturated carbocycles. The molecule has 8 heteroatoms. The normalized spacial score (nSPS) is 14.3. The Labute approximate surface area is 239 Å². The van der Waals surface area contributed by atoms with Crippen molar-refractivity contribution >= 4 is 25.3 Å². The number of likely N-dealkylation sites (tertiary alicyclic amines) is 1. The van der Waals surface area contributed by atoms with Crippen molar-refractivity contribution in [2.45, 2.75) is 44.9 Å². The van der Waals surface area contributed by atoms with Crippen LogP contribution in [0.25, 0.3) is 0 Å². The fourth-order valence-corrected chi connectivity index (χ4v) is 4.74. The van der Waals surface area contributed by atoms with Crippen LogP contribution in [0.5, 0.6) is 11.5 Å². The molecule has 1 atom stereocenters. The number of carbonyl (C=O) groups excluding carboxylic acids is 1. The fraction of sp³-hybridized carbons (Fsp3) is 0.387. The molecular weight excluding hydrogens is 510 g/mol. The van der Waals surface area contributed by atoms with E-state index >= 15 is 0 Å². The smallest absolute Gasteiger partial charge is 0.409 e. The number of rotatable bonds is 11. The van der Waals surface area contributed by atoms with Crippen molar-refractivity contribution in [1.82, 2.24) is 9.80 Å². The van der Waals surface area contributed by atoms with Gasteiger partial charge in [0.1, 0.15) is 18.1 Å². The lowest BCUT2D eigenvalue weighted by atomic mass is 10.0. The highest BCUT2D eigenvalue weighted by atomic mass is 32.1. The molecule has 1 N–H and O–H groups in total. The van der Waals surface area contributed by atoms with Gasteiger partial charge in [-0.05, 0) is 43.0 Å². The summed E-state index contributed by atoms with van der Waals surface area (Å²) in [5.74, 6) is 1.50. The minimum atomic E-state index is -0.239. The molecule has 1 heterocycles. The van der Waals surface area contributed by atoms with E-state index in [9.17, 15) is 4.79 Å². The van der Waals surface area contributed by atoms with Crippen LogP contribution >= 0.6 is 13.5 Å². The molecule has 0 spiro atoms. The van der Waals surface area contributed by atoms with Crippen molar-refractivity contribution in [1.29, 1.82) is 0 Å². The number of hydrogen-bond acceptors (Lipinski definition) is 6. The number of carbonyl (C=O) groups is 1. The minimum absolute atomic E-state index is 0. The Hall–Kier alpha value is -3.36. The van der Waals surface area contributed by atoms with E-state index in [0.29, 0.717) is 19.7 Å². The van der Waals surface area contributed by atoms with Crippen LogP contribution in [0.2, 0.25) is 0 Å². The zero-order valence-electron chi connectivity index (χ0n) is 23.1. The quantitative estimate of drug-likeness (QED) is 0.319. The fourth-order valence-electron chi connectivity index (χ4n) is 4.74. The molecule has 0 aliphatic carbocycles. The number of ether oxygens (including phenoxy) is 3. The van der Waals surface area contributed by atoms with Gasteiger partial charge in [-0.15, -0.1) is 0 Å². The molecule has 1 aliphatic heterocycles. The van der Waals surface area contributed by atoms with Gasteiger partial charge < -0.3 is 24.4 Å². The lowest BCUT2D eigenvalue weighted by Gasteiger charge is -2.33. The summed E-state index contributed by atoms with van der Waals surface area (Å²) in [4.78, 5) is 17.1. The highest BCUT2D eigenvalue weighted by Gasteiger charge is 2.25. The van der Waals surface area contributed by atoms with E-state index in [2.05, 4.69) is 65.7 Å². The summed E-state index contributed by atoms with van der Waals surface area (Å²) in [6, 6.07) is 26.9. The number of amides is 1. The zero-order valence-corrected chi connectivity index (χ0v) is 24.1. The second kappa shape index (κ2) is 15.3. The second-order valence-electron chi connectivity index (χ2n) is 9.77. The van der Waals surface area contributed by atoms with Gasteiger partial charge in [-0.25, -0.2) is 4.79 Å². The van der Waals surface area contributed by atoms with E-state index in [4.69, 9.17) is 14.2 Å². The maximum Gasteiger partial charge on any atom is 0.409 e. The van der Waals surface area contributed by atoms with Crippen LogP contribution in [-0.2, 0) is 17.8 Å². The SMILES string of the molecule is COc1ccc(NC2CCN(C(=O)OC[C@H](C)N(Cc3ccccc3)Cc3ccccc3)CC2)c(OC)c1.S. The third-order valence-electron chi connectivity index (χ3n) is 7.05. The van der Waals surface area contributed by atoms with Crippen molar-refractivity contribution in [3.8, 4) is 11.5 Å². The van der Waals surface area contributed by atoms with Crippen molar-refractivity contribution in [3.63, 3.8) is 0 Å². The largest absolute Gasteiger partial charge is 0.497 e. The highest BCUT2D eigenvalue weighted by molar-refractivity contribution is 7.59. The van der Waals surface area contributed by atoms with Crippen LogP contribution in [0.4, 0.5) is 10.5 Å². The van der Waals surface area contributed by atoms with Gasteiger partial charge in [0.2, 0.25) is 0 Å². The Morgan fingerprint density at radius 1 is 0.923 bits per heavy atom. The number of hydrogen-bond donors (Lipinski definition) is 1. The van der Waals surface area contributed by atoms with Crippen molar-refractivity contribution < 1.29 is 19.0 Å². The molecule has 1 fully saturated rings. The topological polar surface area (TPSA) is 63.3 Å². The monoisotopic (exact) mass is 551 g/mol. The molecule has 210 valence electrons. The van der Waals surface area contributed by atoms with Crippen molar-refractivity contribution in [2.24, 2.45) is 0 Å². The average molecular weight is 552 g/mol. The number of piperidine rings is 1. The van der Waals surface area contributed by atoms with Gasteiger partial charge in [-0.3, -0.25) is 4.90 Å². The summed E-state index contributed by atoms with van der Waals surface area (Å²) in [6.45, 7) is 5.36. The third-order valence-corrected chi connectivity index (χ3v) is 7.05. The van der Waals surface area contributed by atoms with E-state index in [1.807, 2.05) is 35.2 Å². The molecular formula is C31H41N3O4S. The number of nitrogens with one attached hydrogen (secondary N) is 1. The lowest BCUT2D eigenvalue weighted by molar-refractivity contribution is 0.0595. The molecule has 1 amide bonds. The van der Waals surface area contributed by atoms with Crippen LogP contribution in [0, 0.1) is 0 Å². The molecule has 0 radical (unpaired) electrons. The maximum atomic E-state index is 12.9. The Kier molecular flexibility index (Phi) is 11.8. The first kappa shape index (κ1) is 30.2. The maximum absolute atomic E-state index is 12.9. The second-order valence-corrected chi connectivity index (χ2v) is 9.77. The predicted molar refractivity (Wildman–Crippen MR) is 161 cm³/mol. The molecule has 0 unspecified atom stereocenters. The van der Waals surface area contributed by atoms with Crippen LogP contribution in [-0.4, -0.2) is 61.9 Å². The van der Waals surface area contributed by atoms with E-state index in [-0.39, 0.29) is 31.7 Å². The predicted octanol–water partition coefficient (Wildman–Crippen LogP) is 5.92. The van der Waals surface area contributed by atoms with Gasteiger partial charge in [0, 0.05) is 44.3 Å². The number of benzene rings is 3. The van der Waals surface area contributed by atoms with Gasteiger partial charge in [0.05, 0.1) is 19.9 Å². The molecule has 1 aliphatic rings. The lowest BCUT2D eigenvalue weighted by Crippen LogP contribution is -2.44. The Morgan fingerprint density at radius 3 is 2.05 bits per heavy atom. The van der Waals surface area contributed by atoms with Crippen molar-refractivity contribution in [2.75, 3.05) is 39.2 Å². The summed E-state index contributed by atoms with van der Waals surface area (Å²) >= 11 is 0. The molecule has 7 nitrogen and oxygen atoms in total. The summed E-state index contributed by atoms with van der Waals surface area (Å²) in [6.07, 6.45) is 1.44. The first-order valence-corrected chi connectivity index (χ1v) is 13.3. The van der Waals surface area contributed by atoms with Crippen LogP contribution in [0.3, 0.4) is 0 Å². The average Bonchev–Trinajstić information content (AvgIpc) is 2.97. The van der Waals surface area contributed by atoms with E-state index in [1.54, 1.807) is 14.2 Å². The first-order chi connectivity index (χ1) is 18.6. The van der Waals surface area contributed by atoms with Crippen LogP contribution in [0.15, 0.2) is 78.9 Å². The summed E-state index contributed by atoms with van der Waals surface area (Å²) in [5, 5.41) is 3.56. The Morgan fingerprint density at radius 2 is 1.51 bits per heavy atom. The first-order valence-electron chi connectivity index (χ1n) is 13.3. The minimum Gasteiger partial charge on any atom is -0.497 e. The van der Waals surface area contributed by atoms with E-state index in [1.165, 1.54) is 11.1 Å². The standard InChI is InChI=1S/C31H39N3O4.H2S/c1-24(34(21-25-10-6-4-7-11-25)22-26-12-8-5-9-13-26)23-38-31(35)33-18-16-27(17-19-33)32-29-15-14-28(36-2)20-30(29)37-3;/h4-15,20,24,27,32H,16-19,21-23H2,1-3H3;1H2/t24-;/m0./s1. The molecule has 0 bridgehead atoms. The zero-order chi connectivity index (χ0) is 26.7. The summed E-state index contributed by atoms with van der Waals surface area (Å²) in [5.41, 5.74) is 3.41. The van der Waals surface area contributed by atoms with Crippen molar-refractivity contribution in [3.05, 3.63) is 90.0 Å². The molecule has 3 aromatic rings. The third kappa shape index (κ3) is 8.83. The Bertz CT molecular complexity index is 1100. The van der Waals surface area contributed by atoms with E-state index in [0.717, 1.165) is 43.1 Å². The van der Waals surface area contributed by atoms with Gasteiger partial charge in [0.25, 0.3) is 0 Å². The Balaban J connectivity index is 0.00000420. The van der Waals surface area contributed by atoms with Crippen LogP contribution in [0.1, 0.15) is 30.9 Å². The molecule has 3 aromatic carbocycles. The molecule has 39 heavy (non-hydrogen) atoms. The van der Waals surface area contributed by atoms with Crippen LogP contribution < -0.4 is 14.8 Å². The van der Waals surface area contributed by atoms with Gasteiger partial charge in [-0.1, -0.05) is 60.7 Å². The molecule has 1 saturated heterocycles. The highest BCUT2D eigenvalue weighted by Crippen LogP contribution is 2.30. The summed E-state index contributed by atoms with van der Waals surface area (Å²) in [7, 11) is 3.29. The van der Waals surface area contributed by atoms with Gasteiger partial charge in [-0.2, -0.15) is 13.5 Å². The van der Waals surface area contributed by atoms with E-state index < -0.39 is 0 Å². The number of methoxy groups -OCH3 is 2. The number of nitrogens with zero attached hydrogens (tertiary/aromatic N) is 2. The number of anilines is 1. The summed E-state index contributed by atoms with van der Waals surface area (Å²) < 4.78 is 16.6. The van der Waals surface area contributed by atoms with Gasteiger partial charge >= 0.3 is 6.09 Å².